The normalized spacial score (nSPS) is 18.8. The summed E-state index contributed by atoms with van der Waals surface area (Å²) >= 11 is 0. The van der Waals surface area contributed by atoms with Crippen LogP contribution in [-0.2, 0) is 0 Å². The molecule has 1 fully saturated rings. The summed E-state index contributed by atoms with van der Waals surface area (Å²) in [5, 5.41) is 15.8. The maximum atomic E-state index is 12.3. The van der Waals surface area contributed by atoms with Crippen LogP contribution in [0, 0.1) is 12.8 Å². The molecule has 0 radical (unpaired) electrons. The molecule has 2 unspecified atom stereocenters. The van der Waals surface area contributed by atoms with Gasteiger partial charge in [-0.3, -0.25) is 9.78 Å². The molecule has 0 bridgehead atoms. The summed E-state index contributed by atoms with van der Waals surface area (Å²) in [6, 6.07) is 13.6. The zero-order chi connectivity index (χ0) is 16.2. The Morgan fingerprint density at radius 1 is 1.20 bits per heavy atom. The van der Waals surface area contributed by atoms with Gasteiger partial charge in [0.05, 0.1) is 23.1 Å². The number of aromatic nitrogens is 1. The van der Waals surface area contributed by atoms with Gasteiger partial charge >= 0.3 is 0 Å². The summed E-state index contributed by atoms with van der Waals surface area (Å²) in [6.07, 6.45) is -0.394. The molecule has 1 aliphatic heterocycles. The van der Waals surface area contributed by atoms with Crippen LogP contribution in [-0.4, -0.2) is 41.7 Å². The van der Waals surface area contributed by atoms with Crippen molar-refractivity contribution in [2.45, 2.75) is 13.0 Å². The van der Waals surface area contributed by atoms with Crippen LogP contribution in [0.25, 0.3) is 11.3 Å². The number of hydrogen-bond acceptors (Lipinski definition) is 4. The molecule has 2 heterocycles. The monoisotopic (exact) mass is 383 g/mol. The van der Waals surface area contributed by atoms with E-state index in [-0.39, 0.29) is 36.6 Å². The summed E-state index contributed by atoms with van der Waals surface area (Å²) in [7, 11) is 0. The number of carbonyl (C=O) groups is 1. The molecule has 3 rings (SSSR count). The third-order valence-electron chi connectivity index (χ3n) is 4.23. The lowest BCUT2D eigenvalue weighted by molar-refractivity contribution is 0.0926. The van der Waals surface area contributed by atoms with Crippen LogP contribution in [0.5, 0.6) is 0 Å². The third-order valence-corrected chi connectivity index (χ3v) is 4.23. The zero-order valence-electron chi connectivity index (χ0n) is 13.9. The van der Waals surface area contributed by atoms with E-state index < -0.39 is 6.10 Å². The first-order chi connectivity index (χ1) is 11.1. The van der Waals surface area contributed by atoms with Gasteiger partial charge in [-0.05, 0) is 19.1 Å². The standard InChI is InChI=1S/C18H21N3O2.2ClH/c1-12-15(18(23)20-10-14-9-19-11-17(14)22)7-8-16(21-12)13-5-3-2-4-6-13;;/h2-8,14,17,19,22H,9-11H2,1H3,(H,20,23);2*1H. The van der Waals surface area contributed by atoms with Crippen LogP contribution in [0.15, 0.2) is 42.5 Å². The van der Waals surface area contributed by atoms with Crippen molar-refractivity contribution < 1.29 is 9.90 Å². The van der Waals surface area contributed by atoms with Gasteiger partial charge in [-0.1, -0.05) is 30.3 Å². The molecule has 25 heavy (non-hydrogen) atoms. The minimum Gasteiger partial charge on any atom is -0.391 e. The molecule has 2 atom stereocenters. The van der Waals surface area contributed by atoms with Crippen LogP contribution in [0.2, 0.25) is 0 Å². The van der Waals surface area contributed by atoms with Crippen LogP contribution < -0.4 is 10.6 Å². The number of hydrogen-bond donors (Lipinski definition) is 3. The lowest BCUT2D eigenvalue weighted by Crippen LogP contribution is -2.34. The number of pyridine rings is 1. The van der Waals surface area contributed by atoms with Crippen molar-refractivity contribution in [2.24, 2.45) is 5.92 Å². The van der Waals surface area contributed by atoms with E-state index in [1.54, 1.807) is 0 Å². The number of benzene rings is 1. The fourth-order valence-corrected chi connectivity index (χ4v) is 2.82. The second-order valence-electron chi connectivity index (χ2n) is 5.89. The molecular weight excluding hydrogens is 361 g/mol. The summed E-state index contributed by atoms with van der Waals surface area (Å²) in [5.41, 5.74) is 3.16. The molecule has 136 valence electrons. The van der Waals surface area contributed by atoms with Crippen molar-refractivity contribution in [3.63, 3.8) is 0 Å². The highest BCUT2D eigenvalue weighted by Gasteiger charge is 2.25. The van der Waals surface area contributed by atoms with Gasteiger partial charge in [0.15, 0.2) is 0 Å². The smallest absolute Gasteiger partial charge is 0.253 e. The van der Waals surface area contributed by atoms with Gasteiger partial charge in [0, 0.05) is 31.1 Å². The Labute approximate surface area is 160 Å². The summed E-state index contributed by atoms with van der Waals surface area (Å²) < 4.78 is 0. The van der Waals surface area contributed by atoms with E-state index in [0.29, 0.717) is 24.3 Å². The third kappa shape index (κ3) is 5.16. The first-order valence-corrected chi connectivity index (χ1v) is 7.85. The average Bonchev–Trinajstić information content (AvgIpc) is 2.98. The second-order valence-corrected chi connectivity index (χ2v) is 5.89. The molecule has 2 aromatic rings. The zero-order valence-corrected chi connectivity index (χ0v) is 15.6. The quantitative estimate of drug-likeness (QED) is 0.756. The number of amides is 1. The largest absolute Gasteiger partial charge is 0.391 e. The number of aliphatic hydroxyl groups is 1. The average molecular weight is 384 g/mol. The Morgan fingerprint density at radius 2 is 1.92 bits per heavy atom. The van der Waals surface area contributed by atoms with Crippen molar-refractivity contribution in [3.8, 4) is 11.3 Å². The predicted octanol–water partition coefficient (Wildman–Crippen LogP) is 2.21. The Hall–Kier alpha value is -1.66. The van der Waals surface area contributed by atoms with Gasteiger partial charge < -0.3 is 15.7 Å². The molecule has 7 heteroatoms. The fraction of sp³-hybridized carbons (Fsp3) is 0.333. The number of nitrogens with one attached hydrogen (secondary N) is 2. The van der Waals surface area contributed by atoms with E-state index in [4.69, 9.17) is 0 Å². The Kier molecular flexibility index (Phi) is 8.32. The molecule has 0 spiro atoms. The van der Waals surface area contributed by atoms with E-state index >= 15 is 0 Å². The van der Waals surface area contributed by atoms with E-state index in [1.807, 2.05) is 49.4 Å². The molecule has 1 aromatic heterocycles. The van der Waals surface area contributed by atoms with Gasteiger partial charge in [-0.25, -0.2) is 0 Å². The molecule has 1 amide bonds. The lowest BCUT2D eigenvalue weighted by Gasteiger charge is -2.15. The first kappa shape index (κ1) is 21.4. The van der Waals surface area contributed by atoms with Crippen molar-refractivity contribution in [1.82, 2.24) is 15.6 Å². The van der Waals surface area contributed by atoms with Gasteiger partial charge in [-0.2, -0.15) is 0 Å². The SMILES string of the molecule is Cc1nc(-c2ccccc2)ccc1C(=O)NCC1CNCC1O.Cl.Cl. The Morgan fingerprint density at radius 3 is 2.52 bits per heavy atom. The maximum Gasteiger partial charge on any atom is 0.253 e. The van der Waals surface area contributed by atoms with Crippen molar-refractivity contribution in [1.29, 1.82) is 0 Å². The molecule has 1 saturated heterocycles. The summed E-state index contributed by atoms with van der Waals surface area (Å²) in [5.74, 6) is -0.0791. The van der Waals surface area contributed by atoms with Crippen molar-refractivity contribution in [2.75, 3.05) is 19.6 Å². The number of β-amino-alcohol motifs (C(OH)–C–C–N with tert-alkyl or cyclic N) is 1. The van der Waals surface area contributed by atoms with Crippen LogP contribution in [0.3, 0.4) is 0 Å². The predicted molar refractivity (Wildman–Crippen MR) is 104 cm³/mol. The second kappa shape index (κ2) is 9.73. The number of nitrogens with zero attached hydrogens (tertiary/aromatic N) is 1. The molecular formula is C18H23Cl2N3O2. The molecule has 0 aliphatic carbocycles. The molecule has 1 aromatic carbocycles. The van der Waals surface area contributed by atoms with Crippen LogP contribution in [0.4, 0.5) is 0 Å². The first-order valence-electron chi connectivity index (χ1n) is 7.85. The minimum atomic E-state index is -0.394. The van der Waals surface area contributed by atoms with Crippen molar-refractivity contribution in [3.05, 3.63) is 53.7 Å². The number of halogens is 2. The molecule has 5 nitrogen and oxygen atoms in total. The van der Waals surface area contributed by atoms with Crippen LogP contribution >= 0.6 is 24.8 Å². The number of aliphatic hydroxyl groups excluding tert-OH is 1. The van der Waals surface area contributed by atoms with Gasteiger partial charge in [0.25, 0.3) is 5.91 Å². The van der Waals surface area contributed by atoms with E-state index in [0.717, 1.165) is 17.8 Å². The number of rotatable bonds is 4. The number of aryl methyl sites for hydroxylation is 1. The fourth-order valence-electron chi connectivity index (χ4n) is 2.82. The lowest BCUT2D eigenvalue weighted by atomic mass is 10.1. The van der Waals surface area contributed by atoms with Crippen LogP contribution in [0.1, 0.15) is 16.1 Å². The van der Waals surface area contributed by atoms with E-state index in [2.05, 4.69) is 15.6 Å². The van der Waals surface area contributed by atoms with E-state index in [9.17, 15) is 9.90 Å². The van der Waals surface area contributed by atoms with E-state index in [1.165, 1.54) is 0 Å². The summed E-state index contributed by atoms with van der Waals surface area (Å²) in [6.45, 7) is 3.62. The highest BCUT2D eigenvalue weighted by Crippen LogP contribution is 2.18. The minimum absolute atomic E-state index is 0. The van der Waals surface area contributed by atoms with Gasteiger partial charge in [0.2, 0.25) is 0 Å². The molecule has 1 aliphatic rings. The van der Waals surface area contributed by atoms with Crippen molar-refractivity contribution >= 4 is 30.7 Å². The van der Waals surface area contributed by atoms with Gasteiger partial charge in [0.1, 0.15) is 0 Å². The maximum absolute atomic E-state index is 12.3. The summed E-state index contributed by atoms with van der Waals surface area (Å²) in [4.78, 5) is 16.9. The van der Waals surface area contributed by atoms with Gasteiger partial charge in [-0.15, -0.1) is 24.8 Å². The Bertz CT molecular complexity index is 698. The molecule has 0 saturated carbocycles. The highest BCUT2D eigenvalue weighted by molar-refractivity contribution is 5.95. The number of carbonyl (C=O) groups excluding carboxylic acids is 1. The Balaban J connectivity index is 0.00000156. The molecule has 3 N–H and O–H groups in total. The topological polar surface area (TPSA) is 74.2 Å². The highest BCUT2D eigenvalue weighted by atomic mass is 35.5.